The van der Waals surface area contributed by atoms with Crippen LogP contribution in [0.3, 0.4) is 0 Å². The van der Waals surface area contributed by atoms with Crippen LogP contribution in [0.2, 0.25) is 0 Å². The van der Waals surface area contributed by atoms with E-state index < -0.39 is 0 Å². The van der Waals surface area contributed by atoms with E-state index in [1.165, 1.54) is 0 Å². The number of hydrogen-bond donors (Lipinski definition) is 2. The lowest BCUT2D eigenvalue weighted by molar-refractivity contribution is 0.600. The second-order valence-electron chi connectivity index (χ2n) is 3.41. The Morgan fingerprint density at radius 2 is 2.40 bits per heavy atom. The first-order valence-corrected chi connectivity index (χ1v) is 5.51. The Hall–Kier alpha value is -1.07. The molecule has 0 spiro atoms. The van der Waals surface area contributed by atoms with E-state index in [4.69, 9.17) is 10.2 Å². The maximum absolute atomic E-state index is 5.51. The molecule has 0 fully saturated rings. The Morgan fingerprint density at radius 3 is 3.13 bits per heavy atom. The van der Waals surface area contributed by atoms with Gasteiger partial charge in [-0.3, -0.25) is 0 Å². The van der Waals surface area contributed by atoms with Crippen molar-refractivity contribution in [2.24, 2.45) is 5.73 Å². The van der Waals surface area contributed by atoms with Crippen LogP contribution in [0.4, 0.5) is 6.01 Å². The molecule has 1 aromatic heterocycles. The summed E-state index contributed by atoms with van der Waals surface area (Å²) >= 11 is 3.38. The van der Waals surface area contributed by atoms with Crippen LogP contribution >= 0.6 is 15.9 Å². The summed E-state index contributed by atoms with van der Waals surface area (Å²) in [6.45, 7) is 2.52. The van der Waals surface area contributed by atoms with Crippen LogP contribution in [0.15, 0.2) is 27.1 Å². The Kier molecular flexibility index (Phi) is 2.93. The van der Waals surface area contributed by atoms with Crippen molar-refractivity contribution in [1.82, 2.24) is 4.98 Å². The molecule has 0 aliphatic carbocycles. The maximum atomic E-state index is 5.51. The number of nitrogens with two attached hydrogens (primary N) is 1. The normalized spacial score (nSPS) is 13.0. The van der Waals surface area contributed by atoms with Gasteiger partial charge in [-0.1, -0.05) is 15.9 Å². The molecule has 2 rings (SSSR count). The fourth-order valence-corrected chi connectivity index (χ4v) is 1.57. The first kappa shape index (κ1) is 10.4. The minimum absolute atomic E-state index is 0.154. The van der Waals surface area contributed by atoms with Crippen LogP contribution in [0, 0.1) is 0 Å². The van der Waals surface area contributed by atoms with E-state index in [2.05, 4.69) is 26.2 Å². The van der Waals surface area contributed by atoms with Crippen molar-refractivity contribution in [2.45, 2.75) is 13.0 Å². The number of oxazole rings is 1. The lowest BCUT2D eigenvalue weighted by Gasteiger charge is -2.07. The monoisotopic (exact) mass is 269 g/mol. The Morgan fingerprint density at radius 1 is 1.60 bits per heavy atom. The summed E-state index contributed by atoms with van der Waals surface area (Å²) in [5, 5.41) is 3.08. The smallest absolute Gasteiger partial charge is 0.295 e. The number of nitrogens with zero attached hydrogens (tertiary/aromatic N) is 1. The molecule has 0 bridgehead atoms. The van der Waals surface area contributed by atoms with E-state index in [0.29, 0.717) is 12.6 Å². The van der Waals surface area contributed by atoms with Gasteiger partial charge in [-0.2, -0.15) is 4.98 Å². The van der Waals surface area contributed by atoms with E-state index in [9.17, 15) is 0 Å². The summed E-state index contributed by atoms with van der Waals surface area (Å²) in [5.74, 6) is 0. The quantitative estimate of drug-likeness (QED) is 0.898. The van der Waals surface area contributed by atoms with Gasteiger partial charge in [0.1, 0.15) is 5.52 Å². The fourth-order valence-electron chi connectivity index (χ4n) is 1.23. The van der Waals surface area contributed by atoms with Gasteiger partial charge in [-0.15, -0.1) is 0 Å². The van der Waals surface area contributed by atoms with Gasteiger partial charge in [0.15, 0.2) is 5.58 Å². The summed E-state index contributed by atoms with van der Waals surface area (Å²) in [6.07, 6.45) is 0. The van der Waals surface area contributed by atoms with Crippen LogP contribution in [-0.4, -0.2) is 17.6 Å². The fraction of sp³-hybridized carbons (Fsp3) is 0.300. The summed E-state index contributed by atoms with van der Waals surface area (Å²) in [5.41, 5.74) is 7.10. The Labute approximate surface area is 96.0 Å². The molecular weight excluding hydrogens is 258 g/mol. The zero-order valence-electron chi connectivity index (χ0n) is 8.33. The summed E-state index contributed by atoms with van der Waals surface area (Å²) in [7, 11) is 0. The molecule has 15 heavy (non-hydrogen) atoms. The lowest BCUT2D eigenvalue weighted by atomic mass is 10.3. The molecule has 1 heterocycles. The average Bonchev–Trinajstić information content (AvgIpc) is 2.59. The highest BCUT2D eigenvalue weighted by Gasteiger charge is 2.07. The molecule has 1 aromatic carbocycles. The zero-order chi connectivity index (χ0) is 10.8. The van der Waals surface area contributed by atoms with Gasteiger partial charge in [0.25, 0.3) is 6.01 Å². The van der Waals surface area contributed by atoms with E-state index in [-0.39, 0.29) is 6.04 Å². The van der Waals surface area contributed by atoms with Crippen molar-refractivity contribution >= 4 is 33.0 Å². The molecule has 3 N–H and O–H groups in total. The number of anilines is 1. The number of fused-ring (bicyclic) bond motifs is 1. The number of nitrogens with one attached hydrogen (secondary N) is 1. The molecule has 5 heteroatoms. The zero-order valence-corrected chi connectivity index (χ0v) is 9.91. The van der Waals surface area contributed by atoms with E-state index in [1.54, 1.807) is 0 Å². The first-order valence-electron chi connectivity index (χ1n) is 4.71. The summed E-state index contributed by atoms with van der Waals surface area (Å²) in [6, 6.07) is 6.39. The highest BCUT2D eigenvalue weighted by atomic mass is 79.9. The molecule has 80 valence electrons. The van der Waals surface area contributed by atoms with Crippen LogP contribution in [0.25, 0.3) is 11.1 Å². The van der Waals surface area contributed by atoms with Crippen molar-refractivity contribution < 1.29 is 4.42 Å². The van der Waals surface area contributed by atoms with Gasteiger partial charge in [0.05, 0.1) is 0 Å². The highest BCUT2D eigenvalue weighted by molar-refractivity contribution is 9.10. The van der Waals surface area contributed by atoms with Crippen molar-refractivity contribution in [3.05, 3.63) is 22.7 Å². The number of rotatable bonds is 3. The average molecular weight is 270 g/mol. The van der Waals surface area contributed by atoms with E-state index in [1.807, 2.05) is 25.1 Å². The predicted molar refractivity (Wildman–Crippen MR) is 63.8 cm³/mol. The van der Waals surface area contributed by atoms with Crippen LogP contribution < -0.4 is 11.1 Å². The topological polar surface area (TPSA) is 64.1 Å². The predicted octanol–water partition coefficient (Wildman–Crippen LogP) is 2.35. The van der Waals surface area contributed by atoms with E-state index in [0.717, 1.165) is 15.6 Å². The second kappa shape index (κ2) is 4.20. The van der Waals surface area contributed by atoms with Gasteiger partial charge < -0.3 is 15.5 Å². The number of halogens is 1. The van der Waals surface area contributed by atoms with Crippen molar-refractivity contribution in [2.75, 3.05) is 11.9 Å². The van der Waals surface area contributed by atoms with Gasteiger partial charge in [0, 0.05) is 17.1 Å². The summed E-state index contributed by atoms with van der Waals surface area (Å²) < 4.78 is 6.49. The molecule has 0 saturated heterocycles. The SMILES string of the molecule is CC(CN)Nc1nc2ccc(Br)cc2o1. The minimum atomic E-state index is 0.154. The molecule has 0 saturated carbocycles. The van der Waals surface area contributed by atoms with Gasteiger partial charge in [-0.05, 0) is 25.1 Å². The van der Waals surface area contributed by atoms with Crippen molar-refractivity contribution in [3.63, 3.8) is 0 Å². The van der Waals surface area contributed by atoms with Crippen LogP contribution in [0.1, 0.15) is 6.92 Å². The van der Waals surface area contributed by atoms with Crippen molar-refractivity contribution in [1.29, 1.82) is 0 Å². The first-order chi connectivity index (χ1) is 7.19. The molecule has 0 aliphatic heterocycles. The highest BCUT2D eigenvalue weighted by Crippen LogP contribution is 2.22. The van der Waals surface area contributed by atoms with Gasteiger partial charge in [0.2, 0.25) is 0 Å². The Balaban J connectivity index is 2.30. The molecule has 1 atom stereocenters. The largest absolute Gasteiger partial charge is 0.424 e. The molecular formula is C10H12BrN3O. The molecule has 4 nitrogen and oxygen atoms in total. The molecule has 2 aromatic rings. The number of benzene rings is 1. The standard InChI is InChI=1S/C10H12BrN3O/c1-6(5-12)13-10-14-8-3-2-7(11)4-9(8)15-10/h2-4,6H,5,12H2,1H3,(H,13,14). The van der Waals surface area contributed by atoms with Gasteiger partial charge >= 0.3 is 0 Å². The number of hydrogen-bond acceptors (Lipinski definition) is 4. The second-order valence-corrected chi connectivity index (χ2v) is 4.33. The summed E-state index contributed by atoms with van der Waals surface area (Å²) in [4.78, 5) is 4.29. The van der Waals surface area contributed by atoms with Gasteiger partial charge in [-0.25, -0.2) is 0 Å². The molecule has 0 radical (unpaired) electrons. The third-order valence-corrected chi connectivity index (χ3v) is 2.57. The third kappa shape index (κ3) is 2.30. The lowest BCUT2D eigenvalue weighted by Crippen LogP contribution is -2.25. The minimum Gasteiger partial charge on any atom is -0.424 e. The molecule has 0 amide bonds. The van der Waals surface area contributed by atoms with Crippen LogP contribution in [-0.2, 0) is 0 Å². The maximum Gasteiger partial charge on any atom is 0.295 e. The Bertz CT molecular complexity index is 469. The van der Waals surface area contributed by atoms with Crippen LogP contribution in [0.5, 0.6) is 0 Å². The molecule has 0 aliphatic rings. The molecule has 1 unspecified atom stereocenters. The third-order valence-electron chi connectivity index (χ3n) is 2.07. The number of aromatic nitrogens is 1. The van der Waals surface area contributed by atoms with E-state index >= 15 is 0 Å². The van der Waals surface area contributed by atoms with Crippen molar-refractivity contribution in [3.8, 4) is 0 Å².